The summed E-state index contributed by atoms with van der Waals surface area (Å²) < 4.78 is 11.0. The normalized spacial score (nSPS) is 9.37. The summed E-state index contributed by atoms with van der Waals surface area (Å²) in [6, 6.07) is 3.61. The van der Waals surface area contributed by atoms with Crippen molar-refractivity contribution in [2.75, 3.05) is 20.3 Å². The van der Waals surface area contributed by atoms with Crippen LogP contribution in [-0.4, -0.2) is 20.3 Å². The molecule has 0 aliphatic heterocycles. The van der Waals surface area contributed by atoms with Crippen molar-refractivity contribution in [3.8, 4) is 23.8 Å². The molecule has 0 saturated heterocycles. The fourth-order valence-electron chi connectivity index (χ4n) is 1.54. The molecule has 0 aliphatic carbocycles. The van der Waals surface area contributed by atoms with E-state index >= 15 is 0 Å². The minimum Gasteiger partial charge on any atom is -0.493 e. The highest BCUT2D eigenvalue weighted by atomic mass is 35.5. The first-order valence-electron chi connectivity index (χ1n) is 5.86. The van der Waals surface area contributed by atoms with Gasteiger partial charge in [-0.1, -0.05) is 24.4 Å². The lowest BCUT2D eigenvalue weighted by Gasteiger charge is -2.15. The van der Waals surface area contributed by atoms with E-state index in [0.717, 1.165) is 17.7 Å². The smallest absolute Gasteiger partial charge is 0.165 e. The van der Waals surface area contributed by atoms with Gasteiger partial charge in [-0.25, -0.2) is 0 Å². The van der Waals surface area contributed by atoms with E-state index in [2.05, 4.69) is 18.2 Å². The highest BCUT2D eigenvalue weighted by Crippen LogP contribution is 2.34. The standard InChI is InChI=1S/C14H18ClNO2.ClH/c1-4-6-16-10-11-8-12(15)9-13(17-3)14(11)18-7-5-2;/h1,8-9,16H,5-7,10H2,2-3H3;1H. The van der Waals surface area contributed by atoms with Crippen molar-refractivity contribution in [2.45, 2.75) is 19.9 Å². The van der Waals surface area contributed by atoms with E-state index in [1.807, 2.05) is 6.07 Å². The van der Waals surface area contributed by atoms with Crippen LogP contribution in [0.3, 0.4) is 0 Å². The second-order valence-corrected chi connectivity index (χ2v) is 4.19. The maximum atomic E-state index is 6.04. The molecular formula is C14H19Cl2NO2. The molecule has 1 aromatic rings. The molecule has 19 heavy (non-hydrogen) atoms. The highest BCUT2D eigenvalue weighted by molar-refractivity contribution is 6.30. The summed E-state index contributed by atoms with van der Waals surface area (Å²) in [5.41, 5.74) is 0.947. The summed E-state index contributed by atoms with van der Waals surface area (Å²) in [5.74, 6) is 3.90. The first-order chi connectivity index (χ1) is 8.72. The summed E-state index contributed by atoms with van der Waals surface area (Å²) >= 11 is 6.04. The number of hydrogen-bond donors (Lipinski definition) is 1. The van der Waals surface area contributed by atoms with Gasteiger partial charge in [0.25, 0.3) is 0 Å². The van der Waals surface area contributed by atoms with Gasteiger partial charge in [-0.2, -0.15) is 0 Å². The predicted molar refractivity (Wildman–Crippen MR) is 81.6 cm³/mol. The zero-order valence-corrected chi connectivity index (χ0v) is 12.7. The van der Waals surface area contributed by atoms with Crippen LogP contribution in [0.4, 0.5) is 0 Å². The minimum atomic E-state index is 0. The molecular weight excluding hydrogens is 285 g/mol. The topological polar surface area (TPSA) is 30.5 Å². The minimum absolute atomic E-state index is 0. The van der Waals surface area contributed by atoms with Crippen LogP contribution in [0.5, 0.6) is 11.5 Å². The molecule has 0 atom stereocenters. The average molecular weight is 304 g/mol. The third kappa shape index (κ3) is 5.61. The van der Waals surface area contributed by atoms with E-state index in [-0.39, 0.29) is 12.4 Å². The van der Waals surface area contributed by atoms with Crippen LogP contribution >= 0.6 is 24.0 Å². The summed E-state index contributed by atoms with van der Waals surface area (Å²) in [7, 11) is 1.60. The van der Waals surface area contributed by atoms with Gasteiger partial charge >= 0.3 is 0 Å². The molecule has 0 radical (unpaired) electrons. The van der Waals surface area contributed by atoms with Crippen LogP contribution in [-0.2, 0) is 6.54 Å². The van der Waals surface area contributed by atoms with E-state index in [9.17, 15) is 0 Å². The first kappa shape index (κ1) is 17.9. The Hall–Kier alpha value is -1.08. The van der Waals surface area contributed by atoms with Crippen LogP contribution in [0.1, 0.15) is 18.9 Å². The average Bonchev–Trinajstić information content (AvgIpc) is 2.37. The van der Waals surface area contributed by atoms with Gasteiger partial charge in [0, 0.05) is 23.2 Å². The van der Waals surface area contributed by atoms with Crippen molar-refractivity contribution in [3.05, 3.63) is 22.7 Å². The summed E-state index contributed by atoms with van der Waals surface area (Å²) in [4.78, 5) is 0. The first-order valence-corrected chi connectivity index (χ1v) is 6.24. The number of terminal acetylenes is 1. The molecule has 0 saturated carbocycles. The summed E-state index contributed by atoms with van der Waals surface area (Å²) in [6.45, 7) is 3.79. The molecule has 1 aromatic carbocycles. The number of hydrogen-bond acceptors (Lipinski definition) is 3. The molecule has 0 fully saturated rings. The highest BCUT2D eigenvalue weighted by Gasteiger charge is 2.12. The lowest BCUT2D eigenvalue weighted by Crippen LogP contribution is -2.14. The van der Waals surface area contributed by atoms with Gasteiger partial charge in [0.05, 0.1) is 20.3 Å². The van der Waals surface area contributed by atoms with Crippen molar-refractivity contribution < 1.29 is 9.47 Å². The molecule has 0 heterocycles. The fourth-order valence-corrected chi connectivity index (χ4v) is 1.77. The van der Waals surface area contributed by atoms with Crippen molar-refractivity contribution >= 4 is 24.0 Å². The van der Waals surface area contributed by atoms with Crippen molar-refractivity contribution in [2.24, 2.45) is 0 Å². The third-order valence-corrected chi connectivity index (χ3v) is 2.53. The van der Waals surface area contributed by atoms with Gasteiger partial charge in [-0.15, -0.1) is 18.8 Å². The number of methoxy groups -OCH3 is 1. The Labute approximate surface area is 126 Å². The van der Waals surface area contributed by atoms with E-state index in [0.29, 0.717) is 30.5 Å². The Kier molecular flexibility index (Phi) is 9.24. The molecule has 5 heteroatoms. The molecule has 0 unspecified atom stereocenters. The van der Waals surface area contributed by atoms with Crippen LogP contribution in [0.25, 0.3) is 0 Å². The third-order valence-electron chi connectivity index (χ3n) is 2.31. The van der Waals surface area contributed by atoms with Crippen LogP contribution in [0, 0.1) is 12.3 Å². The fraction of sp³-hybridized carbons (Fsp3) is 0.429. The molecule has 1 N–H and O–H groups in total. The zero-order chi connectivity index (χ0) is 13.4. The molecule has 0 bridgehead atoms. The van der Waals surface area contributed by atoms with E-state index in [4.69, 9.17) is 27.5 Å². The molecule has 0 aliphatic rings. The summed E-state index contributed by atoms with van der Waals surface area (Å²) in [5, 5.41) is 3.74. The van der Waals surface area contributed by atoms with Gasteiger partial charge in [0.2, 0.25) is 0 Å². The van der Waals surface area contributed by atoms with E-state index in [1.54, 1.807) is 13.2 Å². The maximum Gasteiger partial charge on any atom is 0.165 e. The van der Waals surface area contributed by atoms with Crippen LogP contribution in [0.2, 0.25) is 5.02 Å². The second-order valence-electron chi connectivity index (χ2n) is 3.75. The molecule has 106 valence electrons. The Balaban J connectivity index is 0.00000324. The lowest BCUT2D eigenvalue weighted by atomic mass is 10.2. The molecule has 0 amide bonds. The van der Waals surface area contributed by atoms with Crippen molar-refractivity contribution in [1.29, 1.82) is 0 Å². The SMILES string of the molecule is C#CCNCc1cc(Cl)cc(OC)c1OCCC.Cl. The predicted octanol–water partition coefficient (Wildman–Crippen LogP) is 3.28. The number of rotatable bonds is 7. The number of ether oxygens (including phenoxy) is 2. The summed E-state index contributed by atoms with van der Waals surface area (Å²) in [6.07, 6.45) is 6.14. The van der Waals surface area contributed by atoms with Crippen molar-refractivity contribution in [3.63, 3.8) is 0 Å². The maximum absolute atomic E-state index is 6.04. The van der Waals surface area contributed by atoms with Crippen molar-refractivity contribution in [1.82, 2.24) is 5.32 Å². The Morgan fingerprint density at radius 1 is 1.42 bits per heavy atom. The Morgan fingerprint density at radius 3 is 2.74 bits per heavy atom. The number of halogens is 2. The second kappa shape index (κ2) is 9.80. The number of nitrogens with one attached hydrogen (secondary N) is 1. The molecule has 0 aromatic heterocycles. The Bertz CT molecular complexity index is 430. The lowest BCUT2D eigenvalue weighted by molar-refractivity contribution is 0.290. The van der Waals surface area contributed by atoms with Gasteiger partial charge in [-0.05, 0) is 12.5 Å². The quantitative estimate of drug-likeness (QED) is 0.619. The molecule has 0 spiro atoms. The largest absolute Gasteiger partial charge is 0.493 e. The Morgan fingerprint density at radius 2 is 2.16 bits per heavy atom. The van der Waals surface area contributed by atoms with Gasteiger partial charge in [-0.3, -0.25) is 0 Å². The van der Waals surface area contributed by atoms with E-state index < -0.39 is 0 Å². The van der Waals surface area contributed by atoms with Crippen LogP contribution in [0.15, 0.2) is 12.1 Å². The number of benzene rings is 1. The molecule has 1 rings (SSSR count). The van der Waals surface area contributed by atoms with Crippen LogP contribution < -0.4 is 14.8 Å². The van der Waals surface area contributed by atoms with Gasteiger partial charge in [0.1, 0.15) is 0 Å². The van der Waals surface area contributed by atoms with Gasteiger partial charge in [0.15, 0.2) is 11.5 Å². The zero-order valence-electron chi connectivity index (χ0n) is 11.2. The molecule has 3 nitrogen and oxygen atoms in total. The van der Waals surface area contributed by atoms with E-state index in [1.165, 1.54) is 0 Å². The monoisotopic (exact) mass is 303 g/mol. The van der Waals surface area contributed by atoms with Gasteiger partial charge < -0.3 is 14.8 Å².